The molecule has 100 valence electrons. The van der Waals surface area contributed by atoms with Crippen molar-refractivity contribution >= 4 is 11.6 Å². The normalized spacial score (nSPS) is 13.1. The van der Waals surface area contributed by atoms with Gasteiger partial charge in [0.1, 0.15) is 0 Å². The second kappa shape index (κ2) is 5.75. The smallest absolute Gasteiger partial charge is 0.381 e. The lowest BCUT2D eigenvalue weighted by atomic mass is 10.1. The molecule has 1 aromatic carbocycles. The summed E-state index contributed by atoms with van der Waals surface area (Å²) in [6.07, 6.45) is -3.91. The minimum Gasteiger partial charge on any atom is -0.381 e. The van der Waals surface area contributed by atoms with Crippen LogP contribution in [0, 0.1) is 0 Å². The topological polar surface area (TPSA) is 55.1 Å². The number of alkyl halides is 3. The van der Waals surface area contributed by atoms with E-state index in [9.17, 15) is 18.0 Å². The summed E-state index contributed by atoms with van der Waals surface area (Å²) in [5, 5.41) is 2.71. The molecule has 1 aromatic rings. The summed E-state index contributed by atoms with van der Waals surface area (Å²) in [6.45, 7) is 1.77. The Hall–Kier alpha value is -1.72. The van der Waals surface area contributed by atoms with E-state index in [1.807, 2.05) is 0 Å². The molecule has 18 heavy (non-hydrogen) atoms. The summed E-state index contributed by atoms with van der Waals surface area (Å²) in [4.78, 5) is 10.8. The Morgan fingerprint density at radius 2 is 2.00 bits per heavy atom. The van der Waals surface area contributed by atoms with Gasteiger partial charge in [-0.1, -0.05) is 19.1 Å². The molecule has 3 N–H and O–H groups in total. The van der Waals surface area contributed by atoms with Gasteiger partial charge in [0.25, 0.3) is 0 Å². The molecule has 0 aliphatic rings. The van der Waals surface area contributed by atoms with E-state index in [2.05, 4.69) is 5.32 Å². The molecule has 0 fully saturated rings. The maximum Gasteiger partial charge on any atom is 0.418 e. The van der Waals surface area contributed by atoms with Crippen molar-refractivity contribution in [1.29, 1.82) is 0 Å². The average Bonchev–Trinajstić information content (AvgIpc) is 2.26. The van der Waals surface area contributed by atoms with Gasteiger partial charge < -0.3 is 11.1 Å². The number of carbonyl (C=O) groups excluding carboxylic acids is 1. The number of hydrogen-bond acceptors (Lipinski definition) is 2. The number of hydrogen-bond donors (Lipinski definition) is 2. The lowest BCUT2D eigenvalue weighted by molar-refractivity contribution is -0.137. The Kier molecular flexibility index (Phi) is 4.58. The number of para-hydroxylation sites is 1. The lowest BCUT2D eigenvalue weighted by Gasteiger charge is -2.20. The molecule has 1 amide bonds. The Labute approximate surface area is 103 Å². The Morgan fingerprint density at radius 3 is 2.50 bits per heavy atom. The van der Waals surface area contributed by atoms with Crippen LogP contribution in [-0.2, 0) is 11.0 Å². The largest absolute Gasteiger partial charge is 0.418 e. The van der Waals surface area contributed by atoms with E-state index < -0.39 is 23.7 Å². The summed E-state index contributed by atoms with van der Waals surface area (Å²) < 4.78 is 38.2. The van der Waals surface area contributed by atoms with Crippen LogP contribution >= 0.6 is 0 Å². The molecule has 1 atom stereocenters. The highest BCUT2D eigenvalue weighted by Crippen LogP contribution is 2.35. The molecular formula is C12H15F3N2O. The van der Waals surface area contributed by atoms with Crippen LogP contribution in [-0.4, -0.2) is 11.9 Å². The highest BCUT2D eigenvalue weighted by molar-refractivity contribution is 5.75. The molecule has 6 heteroatoms. The zero-order chi connectivity index (χ0) is 13.8. The number of carbonyl (C=O) groups is 1. The van der Waals surface area contributed by atoms with Crippen LogP contribution in [0.1, 0.15) is 25.3 Å². The van der Waals surface area contributed by atoms with Gasteiger partial charge in [-0.05, 0) is 18.6 Å². The number of nitrogens with two attached hydrogens (primary N) is 1. The second-order valence-corrected chi connectivity index (χ2v) is 3.96. The molecule has 0 aromatic heterocycles. The SMILES string of the molecule is CC[C@H](CC(N)=O)Nc1ccccc1C(F)(F)F. The first kappa shape index (κ1) is 14.3. The molecule has 3 nitrogen and oxygen atoms in total. The summed E-state index contributed by atoms with van der Waals surface area (Å²) in [7, 11) is 0. The van der Waals surface area contributed by atoms with Crippen molar-refractivity contribution in [2.24, 2.45) is 5.73 Å². The zero-order valence-corrected chi connectivity index (χ0v) is 9.92. The van der Waals surface area contributed by atoms with Crippen LogP contribution in [0.15, 0.2) is 24.3 Å². The zero-order valence-electron chi connectivity index (χ0n) is 9.92. The van der Waals surface area contributed by atoms with Crippen molar-refractivity contribution in [3.05, 3.63) is 29.8 Å². The molecule has 0 bridgehead atoms. The van der Waals surface area contributed by atoms with Crippen LogP contribution in [0.4, 0.5) is 18.9 Å². The van der Waals surface area contributed by atoms with Crippen LogP contribution < -0.4 is 11.1 Å². The molecule has 0 spiro atoms. The third-order valence-electron chi connectivity index (χ3n) is 2.53. The van der Waals surface area contributed by atoms with Crippen molar-refractivity contribution < 1.29 is 18.0 Å². The lowest BCUT2D eigenvalue weighted by Crippen LogP contribution is -2.27. The monoisotopic (exact) mass is 260 g/mol. The van der Waals surface area contributed by atoms with Crippen molar-refractivity contribution in [2.45, 2.75) is 32.0 Å². The first-order valence-electron chi connectivity index (χ1n) is 5.55. The van der Waals surface area contributed by atoms with Gasteiger partial charge in [0.05, 0.1) is 5.56 Å². The van der Waals surface area contributed by atoms with Crippen LogP contribution in [0.25, 0.3) is 0 Å². The number of nitrogens with one attached hydrogen (secondary N) is 1. The summed E-state index contributed by atoms with van der Waals surface area (Å²) in [5.74, 6) is -0.543. The van der Waals surface area contributed by atoms with Gasteiger partial charge in [-0.15, -0.1) is 0 Å². The van der Waals surface area contributed by atoms with Crippen molar-refractivity contribution in [3.8, 4) is 0 Å². The van der Waals surface area contributed by atoms with Gasteiger partial charge in [-0.25, -0.2) is 0 Å². The van der Waals surface area contributed by atoms with Crippen molar-refractivity contribution in [2.75, 3.05) is 5.32 Å². The van der Waals surface area contributed by atoms with E-state index in [-0.39, 0.29) is 12.1 Å². The summed E-state index contributed by atoms with van der Waals surface area (Å²) in [6, 6.07) is 4.77. The van der Waals surface area contributed by atoms with E-state index in [1.54, 1.807) is 6.92 Å². The molecule has 0 unspecified atom stereocenters. The predicted octanol–water partition coefficient (Wildman–Crippen LogP) is 2.77. The number of amides is 1. The maximum absolute atomic E-state index is 12.7. The Balaban J connectivity index is 2.92. The molecule has 0 saturated heterocycles. The number of halogens is 3. The minimum absolute atomic E-state index is 0.00267. The molecule has 0 aliphatic heterocycles. The molecule has 0 aliphatic carbocycles. The van der Waals surface area contributed by atoms with Gasteiger partial charge in [-0.2, -0.15) is 13.2 Å². The van der Waals surface area contributed by atoms with E-state index in [0.717, 1.165) is 6.07 Å². The van der Waals surface area contributed by atoms with Crippen molar-refractivity contribution in [3.63, 3.8) is 0 Å². The second-order valence-electron chi connectivity index (χ2n) is 3.96. The number of anilines is 1. The average molecular weight is 260 g/mol. The van der Waals surface area contributed by atoms with Gasteiger partial charge >= 0.3 is 6.18 Å². The highest BCUT2D eigenvalue weighted by Gasteiger charge is 2.33. The third kappa shape index (κ3) is 3.94. The third-order valence-corrected chi connectivity index (χ3v) is 2.53. The Bertz CT molecular complexity index is 418. The van der Waals surface area contributed by atoms with Gasteiger partial charge in [0.15, 0.2) is 0 Å². The molecule has 0 radical (unpaired) electrons. The van der Waals surface area contributed by atoms with E-state index >= 15 is 0 Å². The number of rotatable bonds is 5. The molecule has 0 saturated carbocycles. The van der Waals surface area contributed by atoms with Gasteiger partial charge in [0, 0.05) is 18.2 Å². The van der Waals surface area contributed by atoms with E-state index in [1.165, 1.54) is 18.2 Å². The number of benzene rings is 1. The van der Waals surface area contributed by atoms with Crippen LogP contribution in [0.3, 0.4) is 0 Å². The van der Waals surface area contributed by atoms with Crippen LogP contribution in [0.2, 0.25) is 0 Å². The van der Waals surface area contributed by atoms with Crippen LogP contribution in [0.5, 0.6) is 0 Å². The fourth-order valence-electron chi connectivity index (χ4n) is 1.62. The fraction of sp³-hybridized carbons (Fsp3) is 0.417. The summed E-state index contributed by atoms with van der Waals surface area (Å²) >= 11 is 0. The molecule has 1 rings (SSSR count). The maximum atomic E-state index is 12.7. The first-order chi connectivity index (χ1) is 8.34. The predicted molar refractivity (Wildman–Crippen MR) is 63.0 cm³/mol. The highest BCUT2D eigenvalue weighted by atomic mass is 19.4. The molecular weight excluding hydrogens is 245 g/mol. The quantitative estimate of drug-likeness (QED) is 0.855. The fourth-order valence-corrected chi connectivity index (χ4v) is 1.62. The molecule has 0 heterocycles. The number of primary amides is 1. The van der Waals surface area contributed by atoms with E-state index in [4.69, 9.17) is 5.73 Å². The standard InChI is InChI=1S/C12H15F3N2O/c1-2-8(7-11(16)18)17-10-6-4-3-5-9(10)12(13,14)15/h3-6,8,17H,2,7H2,1H3,(H2,16,18)/t8-/m1/s1. The first-order valence-corrected chi connectivity index (χ1v) is 5.55. The summed E-state index contributed by atoms with van der Waals surface area (Å²) in [5.41, 5.74) is 4.27. The van der Waals surface area contributed by atoms with Crippen molar-refractivity contribution in [1.82, 2.24) is 0 Å². The van der Waals surface area contributed by atoms with E-state index in [0.29, 0.717) is 6.42 Å². The van der Waals surface area contributed by atoms with Gasteiger partial charge in [0.2, 0.25) is 5.91 Å². The minimum atomic E-state index is -4.42. The Morgan fingerprint density at radius 1 is 1.39 bits per heavy atom. The van der Waals surface area contributed by atoms with Gasteiger partial charge in [-0.3, -0.25) is 4.79 Å².